The lowest BCUT2D eigenvalue weighted by Crippen LogP contribution is -2.44. The number of aliphatic hydroxyl groups is 1. The van der Waals surface area contributed by atoms with Gasteiger partial charge in [-0.2, -0.15) is 4.98 Å². The van der Waals surface area contributed by atoms with Crippen molar-refractivity contribution in [1.29, 1.82) is 0 Å². The molecule has 1 aliphatic rings. The molecule has 1 aromatic heterocycles. The average Bonchev–Trinajstić information content (AvgIpc) is 2.58. The van der Waals surface area contributed by atoms with Crippen molar-refractivity contribution >= 4 is 23.4 Å². The summed E-state index contributed by atoms with van der Waals surface area (Å²) in [6.45, 7) is 1.82. The lowest BCUT2D eigenvalue weighted by atomic mass is 9.74. The minimum absolute atomic E-state index is 0.0926. The molecule has 0 amide bonds. The van der Waals surface area contributed by atoms with Gasteiger partial charge in [0.2, 0.25) is 5.95 Å². The molecule has 6 heteroatoms. The van der Waals surface area contributed by atoms with Crippen molar-refractivity contribution < 1.29 is 5.11 Å². The first-order valence-electron chi connectivity index (χ1n) is 7.79. The van der Waals surface area contributed by atoms with Crippen LogP contribution < -0.4 is 10.6 Å². The second-order valence-corrected chi connectivity index (χ2v) is 6.67. The predicted molar refractivity (Wildman–Crippen MR) is 92.6 cm³/mol. The lowest BCUT2D eigenvalue weighted by molar-refractivity contribution is 0.0959. The summed E-state index contributed by atoms with van der Waals surface area (Å²) in [6, 6.07) is 9.56. The highest BCUT2D eigenvalue weighted by molar-refractivity contribution is 6.30. The number of piperidine rings is 1. The minimum atomic E-state index is -0.0926. The van der Waals surface area contributed by atoms with Gasteiger partial charge in [-0.1, -0.05) is 23.7 Å². The number of hydrogen-bond acceptors (Lipinski definition) is 5. The van der Waals surface area contributed by atoms with Gasteiger partial charge in [0.05, 0.1) is 0 Å². The van der Waals surface area contributed by atoms with E-state index in [1.54, 1.807) is 12.3 Å². The van der Waals surface area contributed by atoms with E-state index in [9.17, 15) is 5.11 Å². The molecule has 0 saturated carbocycles. The van der Waals surface area contributed by atoms with E-state index in [1.165, 1.54) is 5.56 Å². The maximum Gasteiger partial charge on any atom is 0.227 e. The molecule has 0 spiro atoms. The van der Waals surface area contributed by atoms with Crippen molar-refractivity contribution in [3.63, 3.8) is 0 Å². The summed E-state index contributed by atoms with van der Waals surface area (Å²) >= 11 is 5.94. The average molecular weight is 333 g/mol. The second-order valence-electron chi connectivity index (χ2n) is 6.23. The van der Waals surface area contributed by atoms with Crippen LogP contribution in [0.25, 0.3) is 0 Å². The van der Waals surface area contributed by atoms with Crippen molar-refractivity contribution in [2.75, 3.05) is 30.3 Å². The number of aliphatic hydroxyl groups excluding tert-OH is 1. The summed E-state index contributed by atoms with van der Waals surface area (Å²) in [5, 5.41) is 10.7. The molecule has 2 heterocycles. The number of halogens is 1. The van der Waals surface area contributed by atoms with Crippen LogP contribution >= 0.6 is 11.6 Å². The first-order valence-corrected chi connectivity index (χ1v) is 8.17. The smallest absolute Gasteiger partial charge is 0.227 e. The van der Waals surface area contributed by atoms with E-state index in [-0.39, 0.29) is 12.0 Å². The summed E-state index contributed by atoms with van der Waals surface area (Å²) in [4.78, 5) is 10.7. The number of nitrogens with zero attached hydrogens (tertiary/aromatic N) is 3. The first kappa shape index (κ1) is 16.0. The second kappa shape index (κ2) is 6.72. The van der Waals surface area contributed by atoms with E-state index in [1.807, 2.05) is 24.3 Å². The summed E-state index contributed by atoms with van der Waals surface area (Å²) in [5.74, 6) is 1.15. The Balaban J connectivity index is 1.68. The van der Waals surface area contributed by atoms with E-state index in [0.29, 0.717) is 11.8 Å². The molecule has 0 unspecified atom stereocenters. The summed E-state index contributed by atoms with van der Waals surface area (Å²) in [5.41, 5.74) is 6.84. The molecular weight excluding hydrogens is 312 g/mol. The van der Waals surface area contributed by atoms with Gasteiger partial charge in [0.1, 0.15) is 5.82 Å². The van der Waals surface area contributed by atoms with E-state index in [2.05, 4.69) is 14.9 Å². The summed E-state index contributed by atoms with van der Waals surface area (Å²) in [6.07, 6.45) is 4.32. The summed E-state index contributed by atoms with van der Waals surface area (Å²) < 4.78 is 0. The van der Waals surface area contributed by atoms with Crippen LogP contribution in [0.5, 0.6) is 0 Å². The highest BCUT2D eigenvalue weighted by atomic mass is 35.5. The lowest BCUT2D eigenvalue weighted by Gasteiger charge is -2.41. The van der Waals surface area contributed by atoms with E-state index in [4.69, 9.17) is 17.3 Å². The van der Waals surface area contributed by atoms with Gasteiger partial charge >= 0.3 is 0 Å². The third kappa shape index (κ3) is 3.74. The highest BCUT2D eigenvalue weighted by Gasteiger charge is 2.34. The molecule has 122 valence electrons. The third-order valence-electron chi connectivity index (χ3n) is 4.60. The zero-order chi connectivity index (χ0) is 16.3. The first-order chi connectivity index (χ1) is 11.1. The molecule has 1 saturated heterocycles. The molecule has 5 nitrogen and oxygen atoms in total. The van der Waals surface area contributed by atoms with Crippen LogP contribution in [-0.2, 0) is 6.42 Å². The largest absolute Gasteiger partial charge is 0.396 e. The van der Waals surface area contributed by atoms with Gasteiger partial charge < -0.3 is 15.7 Å². The fraction of sp³-hybridized carbons (Fsp3) is 0.412. The van der Waals surface area contributed by atoms with Crippen molar-refractivity contribution in [1.82, 2.24) is 9.97 Å². The molecule has 0 radical (unpaired) electrons. The Morgan fingerprint density at radius 2 is 1.87 bits per heavy atom. The van der Waals surface area contributed by atoms with Crippen LogP contribution in [0.2, 0.25) is 5.02 Å². The highest BCUT2D eigenvalue weighted by Crippen LogP contribution is 2.35. The van der Waals surface area contributed by atoms with E-state index >= 15 is 0 Å². The van der Waals surface area contributed by atoms with Crippen molar-refractivity contribution in [3.8, 4) is 0 Å². The van der Waals surface area contributed by atoms with Crippen molar-refractivity contribution in [2.45, 2.75) is 19.3 Å². The minimum Gasteiger partial charge on any atom is -0.396 e. The van der Waals surface area contributed by atoms with E-state index in [0.717, 1.165) is 37.4 Å². The monoisotopic (exact) mass is 332 g/mol. The fourth-order valence-electron chi connectivity index (χ4n) is 3.12. The Labute approximate surface area is 141 Å². The topological polar surface area (TPSA) is 75.3 Å². The maximum atomic E-state index is 9.96. The van der Waals surface area contributed by atoms with Gasteiger partial charge in [0.25, 0.3) is 0 Å². The van der Waals surface area contributed by atoms with Crippen molar-refractivity contribution in [3.05, 3.63) is 47.1 Å². The zero-order valence-corrected chi connectivity index (χ0v) is 13.7. The normalized spacial score (nSPS) is 17.2. The Hall–Kier alpha value is -1.85. The molecule has 3 N–H and O–H groups in total. The van der Waals surface area contributed by atoms with Gasteiger partial charge in [0, 0.05) is 36.3 Å². The molecule has 0 atom stereocenters. The van der Waals surface area contributed by atoms with E-state index < -0.39 is 0 Å². The van der Waals surface area contributed by atoms with Gasteiger partial charge in [0.15, 0.2) is 0 Å². The fourth-order valence-corrected chi connectivity index (χ4v) is 3.25. The number of nitrogen functional groups attached to an aromatic ring is 1. The number of anilines is 2. The van der Waals surface area contributed by atoms with Crippen LogP contribution in [0.3, 0.4) is 0 Å². The molecule has 2 aromatic rings. The molecule has 1 fully saturated rings. The Morgan fingerprint density at radius 1 is 1.17 bits per heavy atom. The predicted octanol–water partition coefficient (Wildman–Crippen LogP) is 2.53. The maximum absolute atomic E-state index is 9.96. The Morgan fingerprint density at radius 3 is 2.48 bits per heavy atom. The number of aromatic nitrogens is 2. The van der Waals surface area contributed by atoms with Gasteiger partial charge in [-0.3, -0.25) is 0 Å². The summed E-state index contributed by atoms with van der Waals surface area (Å²) in [7, 11) is 0. The number of benzene rings is 1. The van der Waals surface area contributed by atoms with Crippen LogP contribution in [0.4, 0.5) is 11.8 Å². The third-order valence-corrected chi connectivity index (χ3v) is 4.85. The number of nitrogens with two attached hydrogens (primary N) is 1. The molecule has 0 bridgehead atoms. The standard InChI is InChI=1S/C17H21ClN4O/c18-14-3-1-13(2-4-14)11-17(12-23)6-9-22(10-7-17)16-20-8-5-15(19)21-16/h1-5,8,23H,6-7,9-12H2,(H2,19,20,21). The Kier molecular flexibility index (Phi) is 4.68. The van der Waals surface area contributed by atoms with Crippen molar-refractivity contribution in [2.24, 2.45) is 5.41 Å². The zero-order valence-electron chi connectivity index (χ0n) is 13.0. The quantitative estimate of drug-likeness (QED) is 0.900. The van der Waals surface area contributed by atoms with Crippen LogP contribution in [0.1, 0.15) is 18.4 Å². The van der Waals surface area contributed by atoms with Crippen LogP contribution in [0, 0.1) is 5.41 Å². The van der Waals surface area contributed by atoms with Crippen LogP contribution in [0.15, 0.2) is 36.5 Å². The van der Waals surface area contributed by atoms with Gasteiger partial charge in [-0.25, -0.2) is 4.98 Å². The van der Waals surface area contributed by atoms with Crippen LogP contribution in [-0.4, -0.2) is 34.8 Å². The SMILES string of the molecule is Nc1ccnc(N2CCC(CO)(Cc3ccc(Cl)cc3)CC2)n1. The molecule has 1 aromatic carbocycles. The Bertz CT molecular complexity index is 654. The number of rotatable bonds is 4. The number of hydrogen-bond donors (Lipinski definition) is 2. The molecule has 0 aliphatic carbocycles. The van der Waals surface area contributed by atoms with Gasteiger partial charge in [-0.15, -0.1) is 0 Å². The van der Waals surface area contributed by atoms with Gasteiger partial charge in [-0.05, 0) is 43.0 Å². The molecule has 23 heavy (non-hydrogen) atoms. The molecule has 3 rings (SSSR count). The molecular formula is C17H21ClN4O. The molecule has 1 aliphatic heterocycles.